The summed E-state index contributed by atoms with van der Waals surface area (Å²) in [5.74, 6) is -0.227. The van der Waals surface area contributed by atoms with Gasteiger partial charge >= 0.3 is 0 Å². The third-order valence-electron chi connectivity index (χ3n) is 2.33. The lowest BCUT2D eigenvalue weighted by molar-refractivity contribution is 0.101. The van der Waals surface area contributed by atoms with Gasteiger partial charge in [0.25, 0.3) is 5.91 Å². The molecule has 0 saturated heterocycles. The first-order valence-corrected chi connectivity index (χ1v) is 5.00. The van der Waals surface area contributed by atoms with Crippen molar-refractivity contribution in [2.24, 2.45) is 7.05 Å². The topological polar surface area (TPSA) is 70.7 Å². The first-order valence-electron chi connectivity index (χ1n) is 5.00. The molecule has 0 radical (unpaired) electrons. The number of carbonyl (C=O) groups excluding carboxylic acids is 1. The number of anilines is 1. The van der Waals surface area contributed by atoms with Crippen molar-refractivity contribution in [3.63, 3.8) is 0 Å². The number of carbonyl (C=O) groups is 1. The van der Waals surface area contributed by atoms with Gasteiger partial charge in [0.05, 0.1) is 11.6 Å². The molecular formula is C12H10N4O. The average Bonchev–Trinajstić information content (AvgIpc) is 2.76. The van der Waals surface area contributed by atoms with Crippen LogP contribution in [0.3, 0.4) is 0 Å². The van der Waals surface area contributed by atoms with Crippen molar-refractivity contribution < 1.29 is 4.79 Å². The standard InChI is InChI=1S/C12H10N4O/c1-16-11(6-7-14-16)12(17)15-10-4-2-9(8-13)3-5-10/h2-7H,1H3,(H,15,17). The highest BCUT2D eigenvalue weighted by molar-refractivity contribution is 6.02. The molecule has 1 aromatic carbocycles. The van der Waals surface area contributed by atoms with E-state index in [0.29, 0.717) is 16.9 Å². The smallest absolute Gasteiger partial charge is 0.273 e. The van der Waals surface area contributed by atoms with Crippen LogP contribution in [0.1, 0.15) is 16.1 Å². The summed E-state index contributed by atoms with van der Waals surface area (Å²) in [5.41, 5.74) is 1.69. The van der Waals surface area contributed by atoms with Crippen molar-refractivity contribution in [3.05, 3.63) is 47.8 Å². The molecule has 0 atom stereocenters. The van der Waals surface area contributed by atoms with Gasteiger partial charge in [-0.1, -0.05) is 0 Å². The minimum atomic E-state index is -0.227. The number of rotatable bonds is 2. The number of hydrogen-bond donors (Lipinski definition) is 1. The Bertz CT molecular complexity index is 577. The molecule has 0 aliphatic carbocycles. The van der Waals surface area contributed by atoms with Gasteiger partial charge < -0.3 is 5.32 Å². The Labute approximate surface area is 98.3 Å². The molecule has 0 saturated carbocycles. The summed E-state index contributed by atoms with van der Waals surface area (Å²) in [6.07, 6.45) is 1.56. The third kappa shape index (κ3) is 2.32. The Morgan fingerprint density at radius 3 is 2.59 bits per heavy atom. The fourth-order valence-corrected chi connectivity index (χ4v) is 1.42. The second kappa shape index (κ2) is 4.49. The molecule has 17 heavy (non-hydrogen) atoms. The van der Waals surface area contributed by atoms with Crippen LogP contribution in [-0.2, 0) is 7.05 Å². The molecule has 1 heterocycles. The van der Waals surface area contributed by atoms with Crippen LogP contribution in [0.5, 0.6) is 0 Å². The van der Waals surface area contributed by atoms with E-state index in [1.165, 1.54) is 4.68 Å². The Kier molecular flexibility index (Phi) is 2.88. The summed E-state index contributed by atoms with van der Waals surface area (Å²) in [6.45, 7) is 0. The fourth-order valence-electron chi connectivity index (χ4n) is 1.42. The molecular weight excluding hydrogens is 216 g/mol. The highest BCUT2D eigenvalue weighted by atomic mass is 16.2. The lowest BCUT2D eigenvalue weighted by atomic mass is 10.2. The lowest BCUT2D eigenvalue weighted by Crippen LogP contribution is -2.15. The van der Waals surface area contributed by atoms with Gasteiger partial charge in [0.15, 0.2) is 0 Å². The zero-order chi connectivity index (χ0) is 12.3. The van der Waals surface area contributed by atoms with Crippen LogP contribution < -0.4 is 5.32 Å². The monoisotopic (exact) mass is 226 g/mol. The van der Waals surface area contributed by atoms with Crippen molar-refractivity contribution >= 4 is 11.6 Å². The molecule has 2 rings (SSSR count). The zero-order valence-electron chi connectivity index (χ0n) is 9.21. The van der Waals surface area contributed by atoms with Gasteiger partial charge in [0.2, 0.25) is 0 Å². The molecule has 2 aromatic rings. The van der Waals surface area contributed by atoms with Crippen LogP contribution in [0.2, 0.25) is 0 Å². The summed E-state index contributed by atoms with van der Waals surface area (Å²) in [4.78, 5) is 11.8. The van der Waals surface area contributed by atoms with Crippen LogP contribution in [0, 0.1) is 11.3 Å². The molecule has 84 valence electrons. The number of hydrogen-bond acceptors (Lipinski definition) is 3. The number of aromatic nitrogens is 2. The quantitative estimate of drug-likeness (QED) is 0.844. The Balaban J connectivity index is 2.14. The number of aryl methyl sites for hydroxylation is 1. The molecule has 5 heteroatoms. The first kappa shape index (κ1) is 10.9. The number of nitriles is 1. The SMILES string of the molecule is Cn1nccc1C(=O)Nc1ccc(C#N)cc1. The molecule has 0 spiro atoms. The van der Waals surface area contributed by atoms with Crippen molar-refractivity contribution in [2.45, 2.75) is 0 Å². The van der Waals surface area contributed by atoms with Crippen molar-refractivity contribution in [1.82, 2.24) is 9.78 Å². The predicted octanol–water partition coefficient (Wildman–Crippen LogP) is 1.54. The highest BCUT2D eigenvalue weighted by Gasteiger charge is 2.09. The fraction of sp³-hybridized carbons (Fsp3) is 0.0833. The van der Waals surface area contributed by atoms with E-state index >= 15 is 0 Å². The maximum atomic E-state index is 11.8. The van der Waals surface area contributed by atoms with E-state index in [-0.39, 0.29) is 5.91 Å². The average molecular weight is 226 g/mol. The third-order valence-corrected chi connectivity index (χ3v) is 2.33. The van der Waals surface area contributed by atoms with Gasteiger partial charge in [-0.3, -0.25) is 9.48 Å². The van der Waals surface area contributed by atoms with Crippen LogP contribution in [-0.4, -0.2) is 15.7 Å². The lowest BCUT2D eigenvalue weighted by Gasteiger charge is -2.04. The molecule has 0 aliphatic rings. The number of amides is 1. The maximum Gasteiger partial charge on any atom is 0.273 e. The van der Waals surface area contributed by atoms with E-state index < -0.39 is 0 Å². The Morgan fingerprint density at radius 2 is 2.06 bits per heavy atom. The van der Waals surface area contributed by atoms with Crippen LogP contribution in [0.15, 0.2) is 36.5 Å². The van der Waals surface area contributed by atoms with E-state index in [4.69, 9.17) is 5.26 Å². The minimum Gasteiger partial charge on any atom is -0.321 e. The normalized spacial score (nSPS) is 9.65. The van der Waals surface area contributed by atoms with E-state index in [1.54, 1.807) is 43.6 Å². The summed E-state index contributed by atoms with van der Waals surface area (Å²) in [6, 6.07) is 10.3. The second-order valence-corrected chi connectivity index (χ2v) is 3.48. The molecule has 0 bridgehead atoms. The highest BCUT2D eigenvalue weighted by Crippen LogP contribution is 2.10. The van der Waals surface area contributed by atoms with Crippen molar-refractivity contribution in [2.75, 3.05) is 5.32 Å². The van der Waals surface area contributed by atoms with E-state index in [2.05, 4.69) is 10.4 Å². The summed E-state index contributed by atoms with van der Waals surface area (Å²) in [5, 5.41) is 15.3. The summed E-state index contributed by atoms with van der Waals surface area (Å²) >= 11 is 0. The number of benzene rings is 1. The molecule has 1 N–H and O–H groups in total. The Hall–Kier alpha value is -2.61. The van der Waals surface area contributed by atoms with E-state index in [1.807, 2.05) is 6.07 Å². The van der Waals surface area contributed by atoms with Gasteiger partial charge in [0, 0.05) is 18.9 Å². The molecule has 0 fully saturated rings. The number of nitrogens with one attached hydrogen (secondary N) is 1. The first-order chi connectivity index (χ1) is 8.20. The second-order valence-electron chi connectivity index (χ2n) is 3.48. The van der Waals surface area contributed by atoms with Gasteiger partial charge in [-0.05, 0) is 30.3 Å². The van der Waals surface area contributed by atoms with E-state index in [9.17, 15) is 4.79 Å². The predicted molar refractivity (Wildman–Crippen MR) is 62.3 cm³/mol. The maximum absolute atomic E-state index is 11.8. The van der Waals surface area contributed by atoms with Crippen LogP contribution >= 0.6 is 0 Å². The van der Waals surface area contributed by atoms with E-state index in [0.717, 1.165) is 0 Å². The van der Waals surface area contributed by atoms with Crippen molar-refractivity contribution in [1.29, 1.82) is 5.26 Å². The van der Waals surface area contributed by atoms with Gasteiger partial charge in [-0.2, -0.15) is 10.4 Å². The largest absolute Gasteiger partial charge is 0.321 e. The molecule has 0 aliphatic heterocycles. The molecule has 5 nitrogen and oxygen atoms in total. The van der Waals surface area contributed by atoms with Crippen LogP contribution in [0.4, 0.5) is 5.69 Å². The summed E-state index contributed by atoms with van der Waals surface area (Å²) in [7, 11) is 1.70. The van der Waals surface area contributed by atoms with Crippen molar-refractivity contribution in [3.8, 4) is 6.07 Å². The molecule has 0 unspecified atom stereocenters. The zero-order valence-corrected chi connectivity index (χ0v) is 9.21. The Morgan fingerprint density at radius 1 is 1.35 bits per heavy atom. The summed E-state index contributed by atoms with van der Waals surface area (Å²) < 4.78 is 1.50. The van der Waals surface area contributed by atoms with Gasteiger partial charge in [-0.25, -0.2) is 0 Å². The minimum absolute atomic E-state index is 0.227. The molecule has 1 aromatic heterocycles. The van der Waals surface area contributed by atoms with Crippen LogP contribution in [0.25, 0.3) is 0 Å². The molecule has 1 amide bonds. The van der Waals surface area contributed by atoms with Gasteiger partial charge in [0.1, 0.15) is 5.69 Å². The van der Waals surface area contributed by atoms with Gasteiger partial charge in [-0.15, -0.1) is 0 Å². The number of nitrogens with zero attached hydrogens (tertiary/aromatic N) is 3.